The molecule has 0 atom stereocenters. The van der Waals surface area contributed by atoms with E-state index in [0.717, 1.165) is 31.7 Å². The first-order chi connectivity index (χ1) is 11.4. The maximum absolute atomic E-state index is 12.3. The minimum absolute atomic E-state index is 0. The number of benzene rings is 2. The monoisotopic (exact) mass is 388 g/mol. The molecule has 0 fully saturated rings. The van der Waals surface area contributed by atoms with Gasteiger partial charge in [-0.2, -0.15) is 8.42 Å². The second-order valence-electron chi connectivity index (χ2n) is 5.61. The van der Waals surface area contributed by atoms with E-state index in [-0.39, 0.29) is 57.1 Å². The molecule has 130 valence electrons. The molecular formula is C18H21KO5S. The quantitative estimate of drug-likeness (QED) is 0.413. The molecule has 1 N–H and O–H groups in total. The van der Waals surface area contributed by atoms with Crippen LogP contribution < -0.4 is 61.2 Å². The van der Waals surface area contributed by atoms with Gasteiger partial charge >= 0.3 is 51.4 Å². The van der Waals surface area contributed by atoms with Gasteiger partial charge in [0.2, 0.25) is 0 Å². The van der Waals surface area contributed by atoms with Crippen molar-refractivity contribution in [3.63, 3.8) is 0 Å². The standard InChI is InChI=1S/C18H22O5S.K/c1-2-3-4-6-9-14-12-16(23-15-10-7-5-8-11-15)13-17(18(14)19)24(20,21)22;/h5,7-8,10-13,19H,2-4,6,9H2,1H3,(H,20,21,22);/q;+1/p-1. The molecule has 0 saturated carbocycles. The summed E-state index contributed by atoms with van der Waals surface area (Å²) in [4.78, 5) is -0.638. The van der Waals surface area contributed by atoms with E-state index in [1.807, 2.05) is 6.07 Å². The van der Waals surface area contributed by atoms with Crippen molar-refractivity contribution < 1.29 is 74.2 Å². The van der Waals surface area contributed by atoms with Gasteiger partial charge in [-0.15, -0.1) is 0 Å². The molecule has 2 aromatic carbocycles. The molecule has 2 aromatic rings. The Hall–Kier alpha value is -0.414. The summed E-state index contributed by atoms with van der Waals surface area (Å²) < 4.78 is 37.9. The molecule has 0 aromatic heterocycles. The second-order valence-corrected chi connectivity index (χ2v) is 7.00. The Bertz CT molecular complexity index is 776. The first kappa shape index (κ1) is 22.6. The maximum atomic E-state index is 12.3. The van der Waals surface area contributed by atoms with Gasteiger partial charge in [0.25, 0.3) is 10.1 Å². The van der Waals surface area contributed by atoms with Gasteiger partial charge in [-0.1, -0.05) is 55.7 Å². The fraction of sp³-hybridized carbons (Fsp3) is 0.333. The SMILES string of the molecule is CCCCCCc1cc(Oc2ccccc2)cc(S(=O)(=O)O)c1[O-].[K+]. The van der Waals surface area contributed by atoms with Gasteiger partial charge in [0.15, 0.2) is 0 Å². The van der Waals surface area contributed by atoms with E-state index in [0.29, 0.717) is 17.7 Å². The molecule has 0 aliphatic rings. The third-order valence-corrected chi connectivity index (χ3v) is 4.52. The molecule has 5 nitrogen and oxygen atoms in total. The molecule has 0 saturated heterocycles. The molecule has 0 unspecified atom stereocenters. The van der Waals surface area contributed by atoms with E-state index in [9.17, 15) is 18.1 Å². The Labute approximate surface area is 191 Å². The summed E-state index contributed by atoms with van der Waals surface area (Å²) >= 11 is 0. The van der Waals surface area contributed by atoms with E-state index in [2.05, 4.69) is 6.92 Å². The average molecular weight is 389 g/mol. The van der Waals surface area contributed by atoms with E-state index >= 15 is 0 Å². The normalized spacial score (nSPS) is 11.0. The van der Waals surface area contributed by atoms with Gasteiger partial charge in [-0.05, 0) is 31.0 Å². The Balaban J connectivity index is 0.00000312. The minimum atomic E-state index is -4.60. The van der Waals surface area contributed by atoms with E-state index in [1.165, 1.54) is 0 Å². The van der Waals surface area contributed by atoms with Crippen molar-refractivity contribution in [2.24, 2.45) is 0 Å². The van der Waals surface area contributed by atoms with Crippen molar-refractivity contribution in [1.29, 1.82) is 0 Å². The van der Waals surface area contributed by atoms with Crippen LogP contribution in [-0.4, -0.2) is 13.0 Å². The van der Waals surface area contributed by atoms with Gasteiger partial charge in [-0.25, -0.2) is 0 Å². The summed E-state index contributed by atoms with van der Waals surface area (Å²) in [6.45, 7) is 2.09. The fourth-order valence-electron chi connectivity index (χ4n) is 2.44. The molecule has 2 rings (SSSR count). The minimum Gasteiger partial charge on any atom is -0.871 e. The summed E-state index contributed by atoms with van der Waals surface area (Å²) in [5, 5.41) is 12.3. The fourth-order valence-corrected chi connectivity index (χ4v) is 3.07. The molecule has 0 radical (unpaired) electrons. The van der Waals surface area contributed by atoms with Gasteiger partial charge in [0.1, 0.15) is 11.5 Å². The van der Waals surface area contributed by atoms with Crippen molar-refractivity contribution in [1.82, 2.24) is 0 Å². The summed E-state index contributed by atoms with van der Waals surface area (Å²) in [5.74, 6) is 0.0858. The van der Waals surface area contributed by atoms with Crippen LogP contribution in [0.4, 0.5) is 0 Å². The van der Waals surface area contributed by atoms with Crippen LogP contribution in [0.5, 0.6) is 17.2 Å². The summed E-state index contributed by atoms with van der Waals surface area (Å²) in [6, 6.07) is 11.5. The Morgan fingerprint density at radius 1 is 1.04 bits per heavy atom. The van der Waals surface area contributed by atoms with Gasteiger partial charge in [0, 0.05) is 6.07 Å². The predicted molar refractivity (Wildman–Crippen MR) is 90.1 cm³/mol. The van der Waals surface area contributed by atoms with Gasteiger partial charge in [-0.3, -0.25) is 4.55 Å². The van der Waals surface area contributed by atoms with Crippen LogP contribution in [0.2, 0.25) is 0 Å². The van der Waals surface area contributed by atoms with Crippen LogP contribution in [0.25, 0.3) is 0 Å². The smallest absolute Gasteiger partial charge is 0.871 e. The van der Waals surface area contributed by atoms with Gasteiger partial charge < -0.3 is 9.84 Å². The van der Waals surface area contributed by atoms with E-state index < -0.39 is 20.8 Å². The van der Waals surface area contributed by atoms with Crippen molar-refractivity contribution >= 4 is 10.1 Å². The number of hydrogen-bond donors (Lipinski definition) is 1. The third kappa shape index (κ3) is 7.01. The van der Waals surface area contributed by atoms with Crippen LogP contribution in [0, 0.1) is 0 Å². The molecule has 0 bridgehead atoms. The molecule has 0 spiro atoms. The Morgan fingerprint density at radius 2 is 1.72 bits per heavy atom. The average Bonchev–Trinajstić information content (AvgIpc) is 2.54. The van der Waals surface area contributed by atoms with E-state index in [4.69, 9.17) is 4.74 Å². The van der Waals surface area contributed by atoms with Crippen LogP contribution in [-0.2, 0) is 16.5 Å². The summed E-state index contributed by atoms with van der Waals surface area (Å²) in [5.41, 5.74) is 0.340. The zero-order valence-electron chi connectivity index (χ0n) is 14.6. The molecule has 0 aliphatic heterocycles. The number of unbranched alkanes of at least 4 members (excludes halogenated alkanes) is 3. The number of rotatable bonds is 8. The van der Waals surface area contributed by atoms with Crippen molar-refractivity contribution in [2.75, 3.05) is 0 Å². The number of para-hydroxylation sites is 1. The van der Waals surface area contributed by atoms with Crippen LogP contribution in [0.15, 0.2) is 47.4 Å². The first-order valence-electron chi connectivity index (χ1n) is 7.96. The largest absolute Gasteiger partial charge is 1.00 e. The van der Waals surface area contributed by atoms with Crippen LogP contribution in [0.3, 0.4) is 0 Å². The van der Waals surface area contributed by atoms with Crippen molar-refractivity contribution in [2.45, 2.75) is 43.9 Å². The van der Waals surface area contributed by atoms with Gasteiger partial charge in [0.05, 0.1) is 4.90 Å². The topological polar surface area (TPSA) is 86.7 Å². The zero-order valence-corrected chi connectivity index (χ0v) is 18.5. The molecule has 25 heavy (non-hydrogen) atoms. The van der Waals surface area contributed by atoms with Crippen LogP contribution in [0.1, 0.15) is 38.2 Å². The molecule has 0 heterocycles. The van der Waals surface area contributed by atoms with Crippen molar-refractivity contribution in [3.8, 4) is 17.2 Å². The maximum Gasteiger partial charge on any atom is 1.00 e. The summed E-state index contributed by atoms with van der Waals surface area (Å²) in [7, 11) is -4.60. The predicted octanol–water partition coefficient (Wildman–Crippen LogP) is 0.926. The number of aryl methyl sites for hydroxylation is 1. The Kier molecular flexibility index (Phi) is 9.65. The zero-order chi connectivity index (χ0) is 17.6. The number of ether oxygens (including phenoxy) is 1. The second kappa shape index (κ2) is 10.7. The van der Waals surface area contributed by atoms with Crippen molar-refractivity contribution in [3.05, 3.63) is 48.0 Å². The molecular weight excluding hydrogens is 367 g/mol. The molecule has 0 aliphatic carbocycles. The first-order valence-corrected chi connectivity index (χ1v) is 9.40. The molecule has 0 amide bonds. The molecule has 7 heteroatoms. The Morgan fingerprint density at radius 3 is 2.32 bits per heavy atom. The van der Waals surface area contributed by atoms with E-state index in [1.54, 1.807) is 30.3 Å². The summed E-state index contributed by atoms with van der Waals surface area (Å²) in [6.07, 6.45) is 4.31. The van der Waals surface area contributed by atoms with Crippen LogP contribution >= 0.6 is 0 Å². The third-order valence-electron chi connectivity index (χ3n) is 3.66. The number of hydrogen-bond acceptors (Lipinski definition) is 4.